The number of hydrogen-bond donors (Lipinski definition) is 2. The number of anilines is 3. The molecular formula is C26H24F3N7O. The van der Waals surface area contributed by atoms with Crippen LogP contribution in [0.15, 0.2) is 67.5 Å². The summed E-state index contributed by atoms with van der Waals surface area (Å²) in [4.78, 5) is 22.9. The molecule has 0 bridgehead atoms. The Kier molecular flexibility index (Phi) is 6.28. The number of carbonyl (C=O) groups is 1. The molecule has 11 heteroatoms. The molecule has 4 heterocycles. The number of benzene rings is 1. The molecule has 8 nitrogen and oxygen atoms in total. The summed E-state index contributed by atoms with van der Waals surface area (Å²) in [6.45, 7) is 3.44. The van der Waals surface area contributed by atoms with Crippen LogP contribution in [0.3, 0.4) is 0 Å². The lowest BCUT2D eigenvalue weighted by Crippen LogP contribution is -2.55. The van der Waals surface area contributed by atoms with Gasteiger partial charge in [0.25, 0.3) is 5.91 Å². The number of pyridine rings is 2. The Morgan fingerprint density at radius 3 is 2.51 bits per heavy atom. The summed E-state index contributed by atoms with van der Waals surface area (Å²) in [5, 5.41) is 10.2. The van der Waals surface area contributed by atoms with E-state index >= 15 is 0 Å². The zero-order chi connectivity index (χ0) is 26.2. The van der Waals surface area contributed by atoms with E-state index in [0.717, 1.165) is 53.4 Å². The van der Waals surface area contributed by atoms with Gasteiger partial charge in [0.1, 0.15) is 0 Å². The van der Waals surface area contributed by atoms with E-state index < -0.39 is 17.6 Å². The van der Waals surface area contributed by atoms with E-state index in [9.17, 15) is 18.0 Å². The first-order valence-corrected chi connectivity index (χ1v) is 11.6. The Labute approximate surface area is 211 Å². The largest absolute Gasteiger partial charge is 0.417 e. The summed E-state index contributed by atoms with van der Waals surface area (Å²) in [7, 11) is 1.87. The van der Waals surface area contributed by atoms with E-state index in [1.54, 1.807) is 29.1 Å². The second kappa shape index (κ2) is 9.57. The molecule has 0 atom stereocenters. The molecule has 0 unspecified atom stereocenters. The van der Waals surface area contributed by atoms with Crippen LogP contribution in [0.4, 0.5) is 30.2 Å². The minimum Gasteiger partial charge on any atom is -0.379 e. The first-order valence-electron chi connectivity index (χ1n) is 11.6. The maximum atomic E-state index is 12.9. The van der Waals surface area contributed by atoms with Crippen LogP contribution in [0.25, 0.3) is 11.1 Å². The van der Waals surface area contributed by atoms with Crippen LogP contribution in [0.1, 0.15) is 21.5 Å². The van der Waals surface area contributed by atoms with Crippen molar-refractivity contribution < 1.29 is 18.0 Å². The first kappa shape index (κ1) is 24.3. The molecular weight excluding hydrogens is 483 g/mol. The van der Waals surface area contributed by atoms with Gasteiger partial charge in [0, 0.05) is 61.1 Å². The van der Waals surface area contributed by atoms with Gasteiger partial charge < -0.3 is 15.5 Å². The zero-order valence-electron chi connectivity index (χ0n) is 20.1. The molecule has 0 saturated carbocycles. The molecule has 1 fully saturated rings. The molecule has 1 aromatic carbocycles. The molecule has 3 aromatic heterocycles. The van der Waals surface area contributed by atoms with Crippen molar-refractivity contribution in [1.82, 2.24) is 19.7 Å². The summed E-state index contributed by atoms with van der Waals surface area (Å²) in [5.74, 6) is -0.516. The summed E-state index contributed by atoms with van der Waals surface area (Å²) >= 11 is 0. The number of aryl methyl sites for hydroxylation is 2. The summed E-state index contributed by atoms with van der Waals surface area (Å²) in [6.07, 6.45) is 4.74. The number of amides is 1. The number of nitrogens with zero attached hydrogens (tertiary/aromatic N) is 5. The Balaban J connectivity index is 1.23. The van der Waals surface area contributed by atoms with Crippen molar-refractivity contribution in [3.8, 4) is 11.1 Å². The molecule has 37 heavy (non-hydrogen) atoms. The van der Waals surface area contributed by atoms with E-state index in [-0.39, 0.29) is 11.7 Å². The highest BCUT2D eigenvalue weighted by atomic mass is 19.4. The molecule has 2 N–H and O–H groups in total. The maximum Gasteiger partial charge on any atom is 0.417 e. The predicted octanol–water partition coefficient (Wildman–Crippen LogP) is 4.76. The van der Waals surface area contributed by atoms with Gasteiger partial charge in [-0.1, -0.05) is 6.07 Å². The fourth-order valence-electron chi connectivity index (χ4n) is 4.11. The molecule has 1 aliphatic heterocycles. The molecule has 1 aliphatic rings. The highest BCUT2D eigenvalue weighted by Gasteiger charge is 2.31. The average molecular weight is 508 g/mol. The first-order chi connectivity index (χ1) is 17.7. The lowest BCUT2D eigenvalue weighted by atomic mass is 10.0. The molecule has 0 radical (unpaired) electrons. The Bertz CT molecular complexity index is 1440. The van der Waals surface area contributed by atoms with Crippen LogP contribution in [0, 0.1) is 6.92 Å². The molecule has 0 aliphatic carbocycles. The molecule has 5 rings (SSSR count). The normalized spacial score (nSPS) is 13.8. The standard InChI is InChI=1S/C26H24F3N7O/c1-16-3-4-17(25(37)34-21-7-20(10-31-11-21)26(27,28)29)6-24(16)33-22-14-36(15-22)23-5-18(8-30-12-23)19-9-32-35(2)13-19/h3-13,22,33H,14-15H2,1-2H3,(H,34,37). The van der Waals surface area contributed by atoms with E-state index in [1.807, 2.05) is 32.6 Å². The van der Waals surface area contributed by atoms with E-state index in [1.165, 1.54) is 6.20 Å². The van der Waals surface area contributed by atoms with E-state index in [4.69, 9.17) is 0 Å². The van der Waals surface area contributed by atoms with Gasteiger partial charge in [-0.25, -0.2) is 0 Å². The minimum absolute atomic E-state index is 0.0216. The Morgan fingerprint density at radius 1 is 1.00 bits per heavy atom. The maximum absolute atomic E-state index is 12.9. The van der Waals surface area contributed by atoms with E-state index in [2.05, 4.69) is 36.7 Å². The summed E-state index contributed by atoms with van der Waals surface area (Å²) in [5.41, 5.74) is 4.14. The van der Waals surface area contributed by atoms with Gasteiger partial charge >= 0.3 is 6.18 Å². The number of carbonyl (C=O) groups excluding carboxylic acids is 1. The third kappa shape index (κ3) is 5.40. The molecule has 4 aromatic rings. The number of nitrogens with one attached hydrogen (secondary N) is 2. The molecule has 190 valence electrons. The number of halogens is 3. The van der Waals surface area contributed by atoms with Gasteiger partial charge in [-0.3, -0.25) is 19.4 Å². The number of alkyl halides is 3. The summed E-state index contributed by atoms with van der Waals surface area (Å²) in [6, 6.07) is 8.25. The van der Waals surface area contributed by atoms with Crippen molar-refractivity contribution in [3.05, 3.63) is 84.2 Å². The fourth-order valence-corrected chi connectivity index (χ4v) is 4.11. The third-order valence-electron chi connectivity index (χ3n) is 6.19. The quantitative estimate of drug-likeness (QED) is 0.392. The SMILES string of the molecule is Cc1ccc(C(=O)Nc2cncc(C(F)(F)F)c2)cc1NC1CN(c2cncc(-c3cnn(C)c3)c2)C1. The van der Waals surface area contributed by atoms with Crippen LogP contribution in [-0.4, -0.2) is 44.8 Å². The number of aromatic nitrogens is 4. The third-order valence-corrected chi connectivity index (χ3v) is 6.19. The van der Waals surface area contributed by atoms with Crippen molar-refractivity contribution in [3.63, 3.8) is 0 Å². The van der Waals surface area contributed by atoms with Crippen LogP contribution in [0.5, 0.6) is 0 Å². The van der Waals surface area contributed by atoms with Gasteiger partial charge in [0.05, 0.1) is 41.6 Å². The van der Waals surface area contributed by atoms with Gasteiger partial charge in [0.15, 0.2) is 0 Å². The lowest BCUT2D eigenvalue weighted by molar-refractivity contribution is -0.137. The van der Waals surface area contributed by atoms with Crippen molar-refractivity contribution in [2.24, 2.45) is 7.05 Å². The molecule has 0 spiro atoms. The van der Waals surface area contributed by atoms with Gasteiger partial charge in [-0.2, -0.15) is 18.3 Å². The smallest absolute Gasteiger partial charge is 0.379 e. The van der Waals surface area contributed by atoms with E-state index in [0.29, 0.717) is 5.56 Å². The van der Waals surface area contributed by atoms with Crippen LogP contribution < -0.4 is 15.5 Å². The van der Waals surface area contributed by atoms with Gasteiger partial charge in [-0.05, 0) is 36.8 Å². The minimum atomic E-state index is -4.54. The molecule has 1 amide bonds. The fraction of sp³-hybridized carbons (Fsp3) is 0.231. The number of hydrogen-bond acceptors (Lipinski definition) is 6. The average Bonchev–Trinajstić information content (AvgIpc) is 3.28. The Morgan fingerprint density at radius 2 is 1.78 bits per heavy atom. The predicted molar refractivity (Wildman–Crippen MR) is 134 cm³/mol. The number of rotatable bonds is 6. The highest BCUT2D eigenvalue weighted by molar-refractivity contribution is 6.04. The van der Waals surface area contributed by atoms with Crippen LogP contribution >= 0.6 is 0 Å². The highest BCUT2D eigenvalue weighted by Crippen LogP contribution is 2.31. The second-order valence-electron chi connectivity index (χ2n) is 9.02. The van der Waals surface area contributed by atoms with Crippen molar-refractivity contribution in [2.45, 2.75) is 19.1 Å². The van der Waals surface area contributed by atoms with Crippen molar-refractivity contribution in [1.29, 1.82) is 0 Å². The monoisotopic (exact) mass is 507 g/mol. The second-order valence-corrected chi connectivity index (χ2v) is 9.02. The summed E-state index contributed by atoms with van der Waals surface area (Å²) < 4.78 is 40.6. The van der Waals surface area contributed by atoms with Gasteiger partial charge in [0.2, 0.25) is 0 Å². The van der Waals surface area contributed by atoms with Crippen LogP contribution in [-0.2, 0) is 13.2 Å². The Hall–Kier alpha value is -4.41. The van der Waals surface area contributed by atoms with Crippen LogP contribution in [0.2, 0.25) is 0 Å². The molecule has 1 saturated heterocycles. The topological polar surface area (TPSA) is 88.0 Å². The lowest BCUT2D eigenvalue weighted by Gasteiger charge is -2.42. The van der Waals surface area contributed by atoms with Crippen molar-refractivity contribution >= 4 is 23.0 Å². The van der Waals surface area contributed by atoms with Crippen molar-refractivity contribution in [2.75, 3.05) is 28.6 Å². The van der Waals surface area contributed by atoms with Gasteiger partial charge in [-0.15, -0.1) is 0 Å². The zero-order valence-corrected chi connectivity index (χ0v) is 20.1.